The summed E-state index contributed by atoms with van der Waals surface area (Å²) in [5.41, 5.74) is 0.361. The van der Waals surface area contributed by atoms with E-state index in [1.54, 1.807) is 19.2 Å². The Bertz CT molecular complexity index is 346. The van der Waals surface area contributed by atoms with Crippen molar-refractivity contribution < 1.29 is 9.90 Å². The van der Waals surface area contributed by atoms with Crippen LogP contribution in [0.4, 0.5) is 0 Å². The van der Waals surface area contributed by atoms with Gasteiger partial charge in [-0.25, -0.2) is 9.78 Å². The van der Waals surface area contributed by atoms with E-state index in [-0.39, 0.29) is 0 Å². The Morgan fingerprint density at radius 2 is 2.54 bits per heavy atom. The molecule has 0 atom stereocenters. The van der Waals surface area contributed by atoms with Crippen LogP contribution < -0.4 is 0 Å². The van der Waals surface area contributed by atoms with Crippen LogP contribution in [0.1, 0.15) is 18.2 Å². The first kappa shape index (κ1) is 10.2. The average molecular weight is 218 g/mol. The van der Waals surface area contributed by atoms with Crippen molar-refractivity contribution in [2.45, 2.75) is 13.3 Å². The van der Waals surface area contributed by atoms with Gasteiger partial charge in [0, 0.05) is 16.6 Å². The molecule has 0 saturated heterocycles. The Morgan fingerprint density at radius 1 is 1.85 bits per heavy atom. The minimum atomic E-state index is -0.896. The molecule has 13 heavy (non-hydrogen) atoms. The van der Waals surface area contributed by atoms with Crippen molar-refractivity contribution in [3.63, 3.8) is 0 Å². The smallest absolute Gasteiger partial charge is 0.331 e. The molecule has 3 nitrogen and oxygen atoms in total. The summed E-state index contributed by atoms with van der Waals surface area (Å²) < 4.78 is 0.423. The number of carboxylic acids is 1. The molecule has 0 aliphatic carbocycles. The largest absolute Gasteiger partial charge is 0.478 e. The van der Waals surface area contributed by atoms with E-state index < -0.39 is 5.97 Å². The standard InChI is InChI=1S/C8H8ClNO2S/c1-2-5(7(11)12)3-6-4-10-8(9)13-6/h3-4H,2H2,1H3,(H,11,12). The molecule has 1 heterocycles. The molecule has 0 fully saturated rings. The van der Waals surface area contributed by atoms with E-state index in [0.29, 0.717) is 16.5 Å². The molecular formula is C8H8ClNO2S. The quantitative estimate of drug-likeness (QED) is 0.792. The fourth-order valence-corrected chi connectivity index (χ4v) is 1.74. The van der Waals surface area contributed by atoms with Crippen LogP contribution in [0.3, 0.4) is 0 Å². The first-order valence-electron chi connectivity index (χ1n) is 3.68. The summed E-state index contributed by atoms with van der Waals surface area (Å²) in [6.07, 6.45) is 3.64. The fourth-order valence-electron chi connectivity index (χ4n) is 0.818. The number of thiazole rings is 1. The number of halogens is 1. The van der Waals surface area contributed by atoms with Crippen LogP contribution in [0.15, 0.2) is 11.8 Å². The van der Waals surface area contributed by atoms with Gasteiger partial charge in [0.15, 0.2) is 4.47 Å². The Morgan fingerprint density at radius 3 is 2.92 bits per heavy atom. The molecule has 0 radical (unpaired) electrons. The monoisotopic (exact) mass is 217 g/mol. The Labute approximate surface area is 84.7 Å². The molecular weight excluding hydrogens is 210 g/mol. The van der Waals surface area contributed by atoms with Gasteiger partial charge in [-0.1, -0.05) is 18.5 Å². The molecule has 1 rings (SSSR count). The number of hydrogen-bond acceptors (Lipinski definition) is 3. The summed E-state index contributed by atoms with van der Waals surface area (Å²) in [5, 5.41) is 8.72. The topological polar surface area (TPSA) is 50.2 Å². The highest BCUT2D eigenvalue weighted by molar-refractivity contribution is 7.16. The van der Waals surface area contributed by atoms with Crippen molar-refractivity contribution in [3.05, 3.63) is 21.1 Å². The van der Waals surface area contributed by atoms with Gasteiger partial charge in [0.25, 0.3) is 0 Å². The zero-order chi connectivity index (χ0) is 9.84. The molecule has 70 valence electrons. The molecule has 0 aromatic carbocycles. The molecule has 0 aliphatic rings. The molecule has 0 bridgehead atoms. The van der Waals surface area contributed by atoms with Gasteiger partial charge in [-0.2, -0.15) is 0 Å². The second-order valence-corrected chi connectivity index (χ2v) is 3.99. The van der Waals surface area contributed by atoms with Gasteiger partial charge in [0.05, 0.1) is 0 Å². The van der Waals surface area contributed by atoms with Crippen LogP contribution in [0.2, 0.25) is 4.47 Å². The highest BCUT2D eigenvalue weighted by Crippen LogP contribution is 2.20. The third-order valence-corrected chi connectivity index (χ3v) is 2.53. The van der Waals surface area contributed by atoms with Crippen molar-refractivity contribution in [1.82, 2.24) is 4.98 Å². The lowest BCUT2D eigenvalue weighted by molar-refractivity contribution is -0.132. The van der Waals surface area contributed by atoms with Crippen LogP contribution in [-0.4, -0.2) is 16.1 Å². The summed E-state index contributed by atoms with van der Waals surface area (Å²) >= 11 is 6.86. The average Bonchev–Trinajstić information content (AvgIpc) is 2.46. The molecule has 1 aromatic rings. The van der Waals surface area contributed by atoms with E-state index in [1.165, 1.54) is 11.3 Å². The van der Waals surface area contributed by atoms with Crippen LogP contribution in [-0.2, 0) is 4.79 Å². The third-order valence-electron chi connectivity index (χ3n) is 1.47. The summed E-state index contributed by atoms with van der Waals surface area (Å²) in [7, 11) is 0. The van der Waals surface area contributed by atoms with Gasteiger partial charge < -0.3 is 5.11 Å². The number of aliphatic carboxylic acids is 1. The first-order valence-corrected chi connectivity index (χ1v) is 4.88. The highest BCUT2D eigenvalue weighted by atomic mass is 35.5. The zero-order valence-electron chi connectivity index (χ0n) is 6.95. The van der Waals surface area contributed by atoms with Crippen molar-refractivity contribution in [2.24, 2.45) is 0 Å². The van der Waals surface area contributed by atoms with Gasteiger partial charge in [0.1, 0.15) is 0 Å². The van der Waals surface area contributed by atoms with Gasteiger partial charge in [-0.15, -0.1) is 11.3 Å². The van der Waals surface area contributed by atoms with E-state index in [9.17, 15) is 4.79 Å². The van der Waals surface area contributed by atoms with Crippen LogP contribution in [0, 0.1) is 0 Å². The van der Waals surface area contributed by atoms with Crippen molar-refractivity contribution in [3.8, 4) is 0 Å². The third kappa shape index (κ3) is 2.82. The maximum Gasteiger partial charge on any atom is 0.331 e. The zero-order valence-corrected chi connectivity index (χ0v) is 8.52. The van der Waals surface area contributed by atoms with Crippen molar-refractivity contribution >= 4 is 35.0 Å². The lowest BCUT2D eigenvalue weighted by Gasteiger charge is -1.94. The Hall–Kier alpha value is -0.870. The Balaban J connectivity index is 2.91. The first-order chi connectivity index (χ1) is 6.13. The number of carboxylic acid groups (broad SMARTS) is 1. The summed E-state index contributed by atoms with van der Waals surface area (Å²) in [4.78, 5) is 15.2. The number of rotatable bonds is 3. The van der Waals surface area contributed by atoms with Gasteiger partial charge in [0.2, 0.25) is 0 Å². The summed E-state index contributed by atoms with van der Waals surface area (Å²) in [6.45, 7) is 1.79. The molecule has 0 saturated carbocycles. The SMILES string of the molecule is CCC(=Cc1cnc(Cl)s1)C(=O)O. The van der Waals surface area contributed by atoms with E-state index >= 15 is 0 Å². The van der Waals surface area contributed by atoms with Gasteiger partial charge in [-0.3, -0.25) is 0 Å². The van der Waals surface area contributed by atoms with Crippen molar-refractivity contribution in [2.75, 3.05) is 0 Å². The van der Waals surface area contributed by atoms with Crippen molar-refractivity contribution in [1.29, 1.82) is 0 Å². The predicted molar refractivity (Wildman–Crippen MR) is 53.0 cm³/mol. The summed E-state index contributed by atoms with van der Waals surface area (Å²) in [6, 6.07) is 0. The van der Waals surface area contributed by atoms with Gasteiger partial charge in [-0.05, 0) is 12.5 Å². The predicted octanol–water partition coefficient (Wildman–Crippen LogP) is 2.67. The fraction of sp³-hybridized carbons (Fsp3) is 0.250. The van der Waals surface area contributed by atoms with Crippen LogP contribution >= 0.6 is 22.9 Å². The highest BCUT2D eigenvalue weighted by Gasteiger charge is 2.05. The molecule has 5 heteroatoms. The van der Waals surface area contributed by atoms with E-state index in [0.717, 1.165) is 4.88 Å². The lowest BCUT2D eigenvalue weighted by Crippen LogP contribution is -1.98. The second kappa shape index (κ2) is 4.39. The number of aromatic nitrogens is 1. The molecule has 0 unspecified atom stereocenters. The number of hydrogen-bond donors (Lipinski definition) is 1. The maximum absolute atomic E-state index is 10.6. The minimum absolute atomic E-state index is 0.361. The molecule has 0 aliphatic heterocycles. The van der Waals surface area contributed by atoms with E-state index in [2.05, 4.69) is 4.98 Å². The lowest BCUT2D eigenvalue weighted by atomic mass is 10.2. The Kier molecular flexibility index (Phi) is 3.45. The van der Waals surface area contributed by atoms with E-state index in [1.807, 2.05) is 0 Å². The molecule has 1 aromatic heterocycles. The van der Waals surface area contributed by atoms with E-state index in [4.69, 9.17) is 16.7 Å². The molecule has 1 N–H and O–H groups in total. The van der Waals surface area contributed by atoms with Crippen LogP contribution in [0.25, 0.3) is 6.08 Å². The molecule has 0 spiro atoms. The van der Waals surface area contributed by atoms with Gasteiger partial charge >= 0.3 is 5.97 Å². The number of carbonyl (C=O) groups is 1. The maximum atomic E-state index is 10.6. The second-order valence-electron chi connectivity index (χ2n) is 2.34. The summed E-state index contributed by atoms with van der Waals surface area (Å²) in [5.74, 6) is -0.896. The normalized spacial score (nSPS) is 11.7. The molecule has 0 amide bonds. The minimum Gasteiger partial charge on any atom is -0.478 e. The van der Waals surface area contributed by atoms with Crippen LogP contribution in [0.5, 0.6) is 0 Å². The number of nitrogens with zero attached hydrogens (tertiary/aromatic N) is 1.